The molecule has 0 bridgehead atoms. The number of esters is 1. The lowest BCUT2D eigenvalue weighted by molar-refractivity contribution is -0.143. The van der Waals surface area contributed by atoms with E-state index in [1.807, 2.05) is 50.2 Å². The van der Waals surface area contributed by atoms with E-state index < -0.39 is 5.97 Å². The van der Waals surface area contributed by atoms with Crippen molar-refractivity contribution in [2.45, 2.75) is 33.7 Å². The van der Waals surface area contributed by atoms with Crippen LogP contribution in [0.2, 0.25) is 5.02 Å². The Morgan fingerprint density at radius 1 is 1.03 bits per heavy atom. The normalized spacial score (nSPS) is 12.5. The first kappa shape index (κ1) is 23.8. The number of hydrogen-bond donors (Lipinski definition) is 0. The summed E-state index contributed by atoms with van der Waals surface area (Å²) in [5.41, 5.74) is 4.52. The van der Waals surface area contributed by atoms with Crippen molar-refractivity contribution in [2.24, 2.45) is 0 Å². The smallest absolute Gasteiger partial charge is 0.326 e. The Balaban J connectivity index is 0.000000193. The molecular weight excluding hydrogens is 449 g/mol. The number of carbonyl (C=O) groups excluding carboxylic acids is 2. The van der Waals surface area contributed by atoms with Crippen molar-refractivity contribution in [3.8, 4) is 0 Å². The van der Waals surface area contributed by atoms with Crippen LogP contribution in [-0.4, -0.2) is 22.9 Å². The fraction of sp³-hybridized carbons (Fsp3) is 0.240. The van der Waals surface area contributed by atoms with Crippen molar-refractivity contribution in [1.29, 1.82) is 0 Å². The Morgan fingerprint density at radius 3 is 2.44 bits per heavy atom. The number of ketones is 1. The summed E-state index contributed by atoms with van der Waals surface area (Å²) in [4.78, 5) is 34.7. The number of pyridine rings is 1. The summed E-state index contributed by atoms with van der Waals surface area (Å²) in [5.74, 6) is -0.349. The minimum absolute atomic E-state index is 0.0862. The molecule has 1 aromatic heterocycles. The molecule has 0 radical (unpaired) electrons. The molecule has 1 aliphatic carbocycles. The van der Waals surface area contributed by atoms with Gasteiger partial charge in [0, 0.05) is 23.9 Å². The maximum absolute atomic E-state index is 12.0. The molecule has 3 aromatic rings. The molecule has 0 N–H and O–H groups in total. The molecule has 0 saturated heterocycles. The number of ether oxygens (including phenoxy) is 1. The summed E-state index contributed by atoms with van der Waals surface area (Å²) in [5, 5.41) is 1.70. The van der Waals surface area contributed by atoms with Gasteiger partial charge in [-0.05, 0) is 43.5 Å². The van der Waals surface area contributed by atoms with E-state index in [1.54, 1.807) is 6.92 Å². The number of aryl methyl sites for hydroxylation is 2. The van der Waals surface area contributed by atoms with Gasteiger partial charge >= 0.3 is 5.97 Å². The molecule has 4 rings (SSSR count). The molecule has 0 saturated carbocycles. The zero-order valence-electron chi connectivity index (χ0n) is 18.1. The average Bonchev–Trinajstić information content (AvgIpc) is 2.71. The molecule has 0 aliphatic heterocycles. The third-order valence-corrected chi connectivity index (χ3v) is 5.61. The quantitative estimate of drug-likeness (QED) is 0.490. The fourth-order valence-electron chi connectivity index (χ4n) is 3.51. The maximum atomic E-state index is 12.0. The van der Waals surface area contributed by atoms with Crippen molar-refractivity contribution in [3.05, 3.63) is 86.2 Å². The SMILES string of the molecule is CCOC(=O)Cn1c(=O)cc(Cl)c2ccc(C)cc21.Cc1ccc2c(c1)CC(=O)C=C2Cl. The monoisotopic (exact) mass is 471 g/mol. The van der Waals surface area contributed by atoms with E-state index in [1.165, 1.54) is 16.7 Å². The van der Waals surface area contributed by atoms with Gasteiger partial charge in [0.25, 0.3) is 5.56 Å². The van der Waals surface area contributed by atoms with Gasteiger partial charge in [-0.1, -0.05) is 59.1 Å². The molecular formula is C25H23Cl2NO4. The molecule has 5 nitrogen and oxygen atoms in total. The summed E-state index contributed by atoms with van der Waals surface area (Å²) >= 11 is 12.0. The van der Waals surface area contributed by atoms with Gasteiger partial charge in [0.1, 0.15) is 6.54 Å². The predicted octanol–water partition coefficient (Wildman–Crippen LogP) is 5.23. The highest BCUT2D eigenvalue weighted by Gasteiger charge is 2.15. The van der Waals surface area contributed by atoms with E-state index in [9.17, 15) is 14.4 Å². The third kappa shape index (κ3) is 5.47. The first-order chi connectivity index (χ1) is 15.2. The van der Waals surface area contributed by atoms with Crippen LogP contribution >= 0.6 is 23.2 Å². The lowest BCUT2D eigenvalue weighted by atomic mass is 9.95. The predicted molar refractivity (Wildman–Crippen MR) is 128 cm³/mol. The number of rotatable bonds is 3. The number of aromatic nitrogens is 1. The minimum Gasteiger partial charge on any atom is -0.465 e. The van der Waals surface area contributed by atoms with E-state index >= 15 is 0 Å². The second kappa shape index (κ2) is 10.2. The number of hydrogen-bond acceptors (Lipinski definition) is 4. The Kier molecular flexibility index (Phi) is 7.54. The molecule has 2 aromatic carbocycles. The largest absolute Gasteiger partial charge is 0.465 e. The number of nitrogens with zero attached hydrogens (tertiary/aromatic N) is 1. The molecule has 1 aliphatic rings. The van der Waals surface area contributed by atoms with Crippen LogP contribution < -0.4 is 5.56 Å². The van der Waals surface area contributed by atoms with Crippen LogP contribution in [0.15, 0.2) is 53.3 Å². The second-order valence-corrected chi connectivity index (χ2v) is 8.35. The van der Waals surface area contributed by atoms with Gasteiger partial charge in [0.05, 0.1) is 22.2 Å². The fourth-order valence-corrected chi connectivity index (χ4v) is 4.07. The average molecular weight is 472 g/mol. The van der Waals surface area contributed by atoms with Crippen molar-refractivity contribution in [2.75, 3.05) is 6.61 Å². The van der Waals surface area contributed by atoms with Crippen LogP contribution in [0.1, 0.15) is 29.2 Å². The highest BCUT2D eigenvalue weighted by atomic mass is 35.5. The molecule has 0 amide bonds. The molecule has 7 heteroatoms. The second-order valence-electron chi connectivity index (χ2n) is 7.54. The van der Waals surface area contributed by atoms with Crippen molar-refractivity contribution >= 4 is 50.9 Å². The molecule has 0 fully saturated rings. The Labute approximate surface area is 196 Å². The topological polar surface area (TPSA) is 65.4 Å². The van der Waals surface area contributed by atoms with Crippen LogP contribution in [-0.2, 0) is 27.3 Å². The van der Waals surface area contributed by atoms with E-state index in [2.05, 4.69) is 0 Å². The van der Waals surface area contributed by atoms with Gasteiger partial charge in [-0.15, -0.1) is 0 Å². The standard InChI is InChI=1S/C14H14ClNO3.C11H9ClO/c1-3-19-14(18)8-16-12-6-9(2)4-5-10(12)11(15)7-13(16)17;1-7-2-3-10-8(4-7)5-9(13)6-11(10)12/h4-7H,3,8H2,1-2H3;2-4,6H,5H2,1H3. The summed E-state index contributed by atoms with van der Waals surface area (Å²) < 4.78 is 6.26. The molecule has 0 unspecified atom stereocenters. The first-order valence-electron chi connectivity index (χ1n) is 10.1. The highest BCUT2D eigenvalue weighted by molar-refractivity contribution is 6.50. The zero-order chi connectivity index (χ0) is 23.4. The summed E-state index contributed by atoms with van der Waals surface area (Å²) in [7, 11) is 0. The third-order valence-electron chi connectivity index (χ3n) is 4.98. The lowest BCUT2D eigenvalue weighted by Gasteiger charge is -2.12. The number of halogens is 2. The van der Waals surface area contributed by atoms with Crippen molar-refractivity contribution < 1.29 is 14.3 Å². The van der Waals surface area contributed by atoms with Crippen molar-refractivity contribution in [3.63, 3.8) is 0 Å². The van der Waals surface area contributed by atoms with E-state index in [0.717, 1.165) is 27.6 Å². The van der Waals surface area contributed by atoms with Gasteiger partial charge in [-0.2, -0.15) is 0 Å². The number of allylic oxidation sites excluding steroid dienone is 1. The van der Waals surface area contributed by atoms with Crippen LogP contribution in [0, 0.1) is 13.8 Å². The van der Waals surface area contributed by atoms with Gasteiger partial charge < -0.3 is 4.74 Å². The number of carbonyl (C=O) groups is 2. The van der Waals surface area contributed by atoms with Crippen LogP contribution in [0.25, 0.3) is 15.9 Å². The number of fused-ring (bicyclic) bond motifs is 2. The first-order valence-corrected chi connectivity index (χ1v) is 10.9. The molecule has 0 spiro atoms. The Bertz CT molecular complexity index is 1290. The highest BCUT2D eigenvalue weighted by Crippen LogP contribution is 2.28. The van der Waals surface area contributed by atoms with Crippen LogP contribution in [0.5, 0.6) is 0 Å². The van der Waals surface area contributed by atoms with Gasteiger partial charge in [-0.25, -0.2) is 0 Å². The van der Waals surface area contributed by atoms with Gasteiger partial charge in [0.2, 0.25) is 0 Å². The Morgan fingerprint density at radius 2 is 1.72 bits per heavy atom. The van der Waals surface area contributed by atoms with E-state index in [0.29, 0.717) is 22.0 Å². The van der Waals surface area contributed by atoms with Crippen LogP contribution in [0.3, 0.4) is 0 Å². The minimum atomic E-state index is -0.435. The van der Waals surface area contributed by atoms with Gasteiger partial charge in [0.15, 0.2) is 5.78 Å². The summed E-state index contributed by atoms with van der Waals surface area (Å²) in [6.45, 7) is 5.84. The van der Waals surface area contributed by atoms with Crippen molar-refractivity contribution in [1.82, 2.24) is 4.57 Å². The summed E-state index contributed by atoms with van der Waals surface area (Å²) in [6, 6.07) is 12.9. The Hall–Kier alpha value is -2.89. The number of benzene rings is 2. The van der Waals surface area contributed by atoms with Gasteiger partial charge in [-0.3, -0.25) is 19.0 Å². The maximum Gasteiger partial charge on any atom is 0.326 e. The van der Waals surface area contributed by atoms with E-state index in [-0.39, 0.29) is 24.5 Å². The molecule has 1 heterocycles. The molecule has 0 atom stereocenters. The van der Waals surface area contributed by atoms with E-state index in [4.69, 9.17) is 27.9 Å². The molecule has 32 heavy (non-hydrogen) atoms. The van der Waals surface area contributed by atoms with Crippen LogP contribution in [0.4, 0.5) is 0 Å². The zero-order valence-corrected chi connectivity index (χ0v) is 19.6. The molecule has 166 valence electrons. The summed E-state index contributed by atoms with van der Waals surface area (Å²) in [6.07, 6.45) is 1.98. The lowest BCUT2D eigenvalue weighted by Crippen LogP contribution is -2.25.